The fraction of sp³-hybridized carbons (Fsp3) is 0.188. The van der Waals surface area contributed by atoms with Gasteiger partial charge in [0.2, 0.25) is 5.95 Å². The summed E-state index contributed by atoms with van der Waals surface area (Å²) in [6, 6.07) is 11.1. The van der Waals surface area contributed by atoms with Crippen molar-refractivity contribution in [2.24, 2.45) is 0 Å². The third kappa shape index (κ3) is 3.60. The Balaban J connectivity index is 1.53. The predicted octanol–water partition coefficient (Wildman–Crippen LogP) is 2.46. The number of amides is 2. The number of hydrogen-bond donors (Lipinski definition) is 2. The van der Waals surface area contributed by atoms with E-state index in [2.05, 4.69) is 20.8 Å². The SMILES string of the molecule is CC(CNC(=O)Nc1nnc2ccccn12)Oc1ccccc1F. The second-order valence-electron chi connectivity index (χ2n) is 5.15. The van der Waals surface area contributed by atoms with Crippen LogP contribution < -0.4 is 15.4 Å². The molecule has 0 radical (unpaired) electrons. The van der Waals surface area contributed by atoms with Crippen molar-refractivity contribution in [1.29, 1.82) is 0 Å². The van der Waals surface area contributed by atoms with Crippen LogP contribution in [0, 0.1) is 5.82 Å². The molecule has 0 aliphatic heterocycles. The average Bonchev–Trinajstić information content (AvgIpc) is 2.98. The van der Waals surface area contributed by atoms with Gasteiger partial charge in [0, 0.05) is 6.20 Å². The molecule has 1 unspecified atom stereocenters. The van der Waals surface area contributed by atoms with Crippen LogP contribution in [-0.4, -0.2) is 33.3 Å². The highest BCUT2D eigenvalue weighted by molar-refractivity contribution is 5.87. The summed E-state index contributed by atoms with van der Waals surface area (Å²) in [5.41, 5.74) is 0.629. The molecule has 124 valence electrons. The fourth-order valence-corrected chi connectivity index (χ4v) is 2.11. The number of hydrogen-bond acceptors (Lipinski definition) is 4. The molecule has 1 atom stereocenters. The van der Waals surface area contributed by atoms with E-state index in [1.165, 1.54) is 12.1 Å². The average molecular weight is 329 g/mol. The Morgan fingerprint density at radius 3 is 2.88 bits per heavy atom. The van der Waals surface area contributed by atoms with Gasteiger partial charge in [-0.15, -0.1) is 10.2 Å². The zero-order valence-electron chi connectivity index (χ0n) is 12.9. The number of nitrogens with zero attached hydrogens (tertiary/aromatic N) is 3. The Labute approximate surface area is 137 Å². The number of rotatable bonds is 5. The summed E-state index contributed by atoms with van der Waals surface area (Å²) in [6.07, 6.45) is 1.34. The van der Waals surface area contributed by atoms with Crippen molar-refractivity contribution in [2.45, 2.75) is 13.0 Å². The number of urea groups is 1. The smallest absolute Gasteiger partial charge is 0.321 e. The molecule has 2 heterocycles. The third-order valence-corrected chi connectivity index (χ3v) is 3.25. The lowest BCUT2D eigenvalue weighted by atomic mass is 10.3. The molecule has 2 aromatic heterocycles. The van der Waals surface area contributed by atoms with Crippen LogP contribution >= 0.6 is 0 Å². The predicted molar refractivity (Wildman–Crippen MR) is 86.5 cm³/mol. The minimum Gasteiger partial charge on any atom is -0.486 e. The number of carbonyl (C=O) groups excluding carboxylic acids is 1. The Morgan fingerprint density at radius 2 is 2.04 bits per heavy atom. The van der Waals surface area contributed by atoms with E-state index < -0.39 is 18.0 Å². The second-order valence-corrected chi connectivity index (χ2v) is 5.15. The van der Waals surface area contributed by atoms with E-state index in [1.807, 2.05) is 12.1 Å². The van der Waals surface area contributed by atoms with Crippen LogP contribution in [0.15, 0.2) is 48.7 Å². The van der Waals surface area contributed by atoms with Crippen molar-refractivity contribution in [2.75, 3.05) is 11.9 Å². The van der Waals surface area contributed by atoms with Crippen LogP contribution in [0.5, 0.6) is 5.75 Å². The third-order valence-electron chi connectivity index (χ3n) is 3.25. The first-order valence-corrected chi connectivity index (χ1v) is 7.39. The molecule has 0 saturated carbocycles. The summed E-state index contributed by atoms with van der Waals surface area (Å²) < 4.78 is 20.6. The van der Waals surface area contributed by atoms with Crippen LogP contribution in [0.3, 0.4) is 0 Å². The van der Waals surface area contributed by atoms with Crippen LogP contribution in [-0.2, 0) is 0 Å². The van der Waals surface area contributed by atoms with Crippen molar-refractivity contribution in [3.05, 3.63) is 54.5 Å². The quantitative estimate of drug-likeness (QED) is 0.753. The van der Waals surface area contributed by atoms with Crippen molar-refractivity contribution in [1.82, 2.24) is 19.9 Å². The summed E-state index contributed by atoms with van der Waals surface area (Å²) >= 11 is 0. The van der Waals surface area contributed by atoms with Crippen molar-refractivity contribution < 1.29 is 13.9 Å². The molecular weight excluding hydrogens is 313 g/mol. The number of anilines is 1. The molecule has 0 spiro atoms. The lowest BCUT2D eigenvalue weighted by Crippen LogP contribution is -2.36. The summed E-state index contributed by atoms with van der Waals surface area (Å²) in [5.74, 6) is 0.0187. The molecule has 0 fully saturated rings. The van der Waals surface area contributed by atoms with Gasteiger partial charge in [-0.3, -0.25) is 9.72 Å². The van der Waals surface area contributed by atoms with Gasteiger partial charge in [0.25, 0.3) is 0 Å². The van der Waals surface area contributed by atoms with Gasteiger partial charge in [0.15, 0.2) is 17.2 Å². The molecule has 2 amide bonds. The van der Waals surface area contributed by atoms with Gasteiger partial charge in [-0.2, -0.15) is 0 Å². The van der Waals surface area contributed by atoms with Gasteiger partial charge in [-0.05, 0) is 31.2 Å². The van der Waals surface area contributed by atoms with Gasteiger partial charge in [0.1, 0.15) is 6.10 Å². The Kier molecular flexibility index (Phi) is 4.55. The van der Waals surface area contributed by atoms with E-state index in [-0.39, 0.29) is 12.3 Å². The highest BCUT2D eigenvalue weighted by Crippen LogP contribution is 2.16. The molecule has 0 aliphatic rings. The Morgan fingerprint density at radius 1 is 1.25 bits per heavy atom. The molecule has 3 aromatic rings. The standard InChI is InChI=1S/C16H16FN5O2/c1-11(24-13-7-3-2-6-12(13)17)10-18-16(23)19-15-21-20-14-8-4-5-9-22(14)15/h2-9,11H,10H2,1H3,(H2,18,19,21,23). The first-order chi connectivity index (χ1) is 11.6. The number of pyridine rings is 1. The maximum atomic E-state index is 13.5. The summed E-state index contributed by atoms with van der Waals surface area (Å²) in [4.78, 5) is 11.9. The van der Waals surface area contributed by atoms with Gasteiger partial charge in [-0.1, -0.05) is 18.2 Å². The van der Waals surface area contributed by atoms with E-state index in [0.717, 1.165) is 0 Å². The molecule has 0 aliphatic carbocycles. The van der Waals surface area contributed by atoms with Crippen molar-refractivity contribution >= 4 is 17.6 Å². The first-order valence-electron chi connectivity index (χ1n) is 7.39. The van der Waals surface area contributed by atoms with E-state index in [4.69, 9.17) is 4.74 Å². The number of fused-ring (bicyclic) bond motifs is 1. The summed E-state index contributed by atoms with van der Waals surface area (Å²) in [5, 5.41) is 13.1. The zero-order chi connectivity index (χ0) is 16.9. The topological polar surface area (TPSA) is 80.5 Å². The number of para-hydroxylation sites is 1. The van der Waals surface area contributed by atoms with Crippen molar-refractivity contribution in [3.8, 4) is 5.75 Å². The van der Waals surface area contributed by atoms with Crippen LogP contribution in [0.2, 0.25) is 0 Å². The van der Waals surface area contributed by atoms with Gasteiger partial charge in [0.05, 0.1) is 6.54 Å². The van der Waals surface area contributed by atoms with E-state index >= 15 is 0 Å². The molecule has 7 nitrogen and oxygen atoms in total. The van der Waals surface area contributed by atoms with Crippen molar-refractivity contribution in [3.63, 3.8) is 0 Å². The Bertz CT molecular complexity index is 851. The minimum absolute atomic E-state index is 0.149. The highest BCUT2D eigenvalue weighted by Gasteiger charge is 2.12. The highest BCUT2D eigenvalue weighted by atomic mass is 19.1. The lowest BCUT2D eigenvalue weighted by molar-refractivity contribution is 0.205. The zero-order valence-corrected chi connectivity index (χ0v) is 12.9. The summed E-state index contributed by atoms with van der Waals surface area (Å²) in [7, 11) is 0. The van der Waals surface area contributed by atoms with Gasteiger partial charge >= 0.3 is 6.03 Å². The Hall–Kier alpha value is -3.16. The summed E-state index contributed by atoms with van der Waals surface area (Å²) in [6.45, 7) is 1.94. The number of ether oxygens (including phenoxy) is 1. The maximum Gasteiger partial charge on any atom is 0.321 e. The van der Waals surface area contributed by atoms with Crippen LogP contribution in [0.4, 0.5) is 15.1 Å². The molecular formula is C16H16FN5O2. The van der Waals surface area contributed by atoms with Gasteiger partial charge < -0.3 is 10.1 Å². The molecule has 0 saturated heterocycles. The normalized spacial score (nSPS) is 11.9. The van der Waals surface area contributed by atoms with E-state index in [1.54, 1.807) is 35.7 Å². The fourth-order valence-electron chi connectivity index (χ4n) is 2.11. The number of carbonyl (C=O) groups is 1. The molecule has 8 heteroatoms. The van der Waals surface area contributed by atoms with Gasteiger partial charge in [-0.25, -0.2) is 9.18 Å². The molecule has 24 heavy (non-hydrogen) atoms. The largest absolute Gasteiger partial charge is 0.486 e. The molecule has 0 bridgehead atoms. The monoisotopic (exact) mass is 329 g/mol. The minimum atomic E-state index is -0.447. The van der Waals surface area contributed by atoms with E-state index in [9.17, 15) is 9.18 Å². The lowest BCUT2D eigenvalue weighted by Gasteiger charge is -2.15. The molecule has 3 rings (SSSR count). The number of aromatic nitrogens is 3. The first kappa shape index (κ1) is 15.7. The molecule has 2 N–H and O–H groups in total. The molecule has 1 aromatic carbocycles. The number of benzene rings is 1. The number of halogens is 1. The van der Waals surface area contributed by atoms with Crippen LogP contribution in [0.1, 0.15) is 6.92 Å². The number of nitrogens with one attached hydrogen (secondary N) is 2. The van der Waals surface area contributed by atoms with Crippen LogP contribution in [0.25, 0.3) is 5.65 Å². The second kappa shape index (κ2) is 6.95. The maximum absolute atomic E-state index is 13.5. The van der Waals surface area contributed by atoms with E-state index in [0.29, 0.717) is 11.6 Å².